The van der Waals surface area contributed by atoms with Crippen molar-refractivity contribution in [2.75, 3.05) is 6.61 Å². The number of hydrogen-bond acceptors (Lipinski definition) is 5. The molecule has 39 heavy (non-hydrogen) atoms. The summed E-state index contributed by atoms with van der Waals surface area (Å²) < 4.78 is 0. The van der Waals surface area contributed by atoms with Gasteiger partial charge in [-0.3, -0.25) is 4.79 Å². The summed E-state index contributed by atoms with van der Waals surface area (Å²) in [6.45, 7) is 3.95. The number of carboxylic acid groups (broad SMARTS) is 1. The summed E-state index contributed by atoms with van der Waals surface area (Å²) in [7, 11) is 0. The maximum absolute atomic E-state index is 10.9. The fourth-order valence-corrected chi connectivity index (χ4v) is 5.77. The third kappa shape index (κ3) is 12.0. The highest BCUT2D eigenvalue weighted by atomic mass is 16.4. The van der Waals surface area contributed by atoms with E-state index in [1.54, 1.807) is 6.08 Å². The number of unbranched alkanes of at least 4 members (excludes halogenated alkanes) is 3. The lowest BCUT2D eigenvalue weighted by Gasteiger charge is -2.26. The quantitative estimate of drug-likeness (QED) is 0.171. The zero-order valence-electron chi connectivity index (χ0n) is 24.2. The van der Waals surface area contributed by atoms with Crippen LogP contribution in [0.5, 0.6) is 0 Å². The van der Waals surface area contributed by atoms with E-state index in [1.165, 1.54) is 16.7 Å². The summed E-state index contributed by atoms with van der Waals surface area (Å²) >= 11 is 0. The molecule has 0 saturated heterocycles. The van der Waals surface area contributed by atoms with Crippen molar-refractivity contribution in [3.8, 4) is 0 Å². The maximum atomic E-state index is 10.9. The highest BCUT2D eigenvalue weighted by molar-refractivity contribution is 5.66. The topological polar surface area (TPSA) is 118 Å². The predicted octanol–water partition coefficient (Wildman–Crippen LogP) is 5.68. The average molecular weight is 545 g/mol. The van der Waals surface area contributed by atoms with E-state index in [2.05, 4.69) is 32.0 Å². The van der Waals surface area contributed by atoms with Gasteiger partial charge in [0, 0.05) is 6.42 Å². The number of aliphatic hydroxyl groups is 4. The van der Waals surface area contributed by atoms with E-state index in [0.717, 1.165) is 81.8 Å². The molecule has 1 aromatic rings. The van der Waals surface area contributed by atoms with E-state index >= 15 is 0 Å². The van der Waals surface area contributed by atoms with Crippen molar-refractivity contribution in [3.05, 3.63) is 58.2 Å². The molecule has 0 spiro atoms. The third-order valence-electron chi connectivity index (χ3n) is 8.14. The molecule has 0 heterocycles. The summed E-state index contributed by atoms with van der Waals surface area (Å²) in [6, 6.07) is 6.57. The molecule has 0 aliphatic heterocycles. The number of carbonyl (C=O) groups is 1. The number of rotatable bonds is 16. The standard InChI is InChI=1S/C33H52O6/c1-3-5-13-31(36)32(37)20-18-26-16-17-27-12-9-11-25(4-2)30(27)19-15-24(10-7-6-8-14-33(38)39)21-28(26)22-29(35)23-34/h9,11-12,18,20,24,29,31-32,34-37H,3-8,10,13-17,19,21-23H2,1-2H3,(H,38,39)/t24-,29+,31+,32-/m1/s1. The molecule has 0 unspecified atom stereocenters. The maximum Gasteiger partial charge on any atom is 0.303 e. The SMILES string of the molecule is CCCC[C@H](O)[C@H](O)C=CC1=C(C[C@H](O)CO)C[C@H](CCCCCC(=O)O)CCc2c(CC)cccc2CC1. The summed E-state index contributed by atoms with van der Waals surface area (Å²) in [5, 5.41) is 50.0. The molecule has 0 amide bonds. The number of hydrogen-bond donors (Lipinski definition) is 5. The Morgan fingerprint density at radius 2 is 1.85 bits per heavy atom. The Morgan fingerprint density at radius 3 is 2.54 bits per heavy atom. The van der Waals surface area contributed by atoms with E-state index in [0.29, 0.717) is 25.2 Å². The fraction of sp³-hybridized carbons (Fsp3) is 0.667. The van der Waals surface area contributed by atoms with Crippen LogP contribution in [0.3, 0.4) is 0 Å². The Labute approximate surface area is 235 Å². The summed E-state index contributed by atoms with van der Waals surface area (Å²) in [5.41, 5.74) is 6.34. The molecule has 2 rings (SSSR count). The molecule has 6 heteroatoms. The van der Waals surface area contributed by atoms with Crippen molar-refractivity contribution in [1.29, 1.82) is 0 Å². The van der Waals surface area contributed by atoms with Gasteiger partial charge in [0.15, 0.2) is 0 Å². The smallest absolute Gasteiger partial charge is 0.303 e. The molecule has 0 fully saturated rings. The van der Waals surface area contributed by atoms with Crippen LogP contribution in [0.2, 0.25) is 0 Å². The number of benzene rings is 1. The van der Waals surface area contributed by atoms with Crippen LogP contribution in [0.25, 0.3) is 0 Å². The van der Waals surface area contributed by atoms with Gasteiger partial charge in [-0.25, -0.2) is 0 Å². The van der Waals surface area contributed by atoms with Gasteiger partial charge in [-0.2, -0.15) is 0 Å². The zero-order chi connectivity index (χ0) is 28.6. The fourth-order valence-electron chi connectivity index (χ4n) is 5.77. The Balaban J connectivity index is 2.39. The van der Waals surface area contributed by atoms with E-state index < -0.39 is 24.3 Å². The van der Waals surface area contributed by atoms with Crippen molar-refractivity contribution in [1.82, 2.24) is 0 Å². The molecular formula is C33H52O6. The molecule has 0 aromatic heterocycles. The Hall–Kier alpha value is -1.99. The van der Waals surface area contributed by atoms with Gasteiger partial charge in [-0.1, -0.05) is 81.9 Å². The minimum absolute atomic E-state index is 0.202. The van der Waals surface area contributed by atoms with Gasteiger partial charge in [0.1, 0.15) is 0 Å². The van der Waals surface area contributed by atoms with Crippen LogP contribution in [0, 0.1) is 5.92 Å². The number of aryl methyl sites for hydroxylation is 2. The van der Waals surface area contributed by atoms with Crippen molar-refractivity contribution in [3.63, 3.8) is 0 Å². The van der Waals surface area contributed by atoms with Crippen LogP contribution >= 0.6 is 0 Å². The molecule has 1 aliphatic carbocycles. The first-order valence-corrected chi connectivity index (χ1v) is 15.1. The lowest BCUT2D eigenvalue weighted by atomic mass is 9.80. The summed E-state index contributed by atoms with van der Waals surface area (Å²) in [5.74, 6) is -0.380. The number of aliphatic hydroxyl groups excluding tert-OH is 4. The van der Waals surface area contributed by atoms with Crippen molar-refractivity contribution in [2.24, 2.45) is 5.92 Å². The second-order valence-corrected chi connectivity index (χ2v) is 11.2. The van der Waals surface area contributed by atoms with Crippen LogP contribution in [-0.2, 0) is 24.1 Å². The molecule has 1 aliphatic rings. The van der Waals surface area contributed by atoms with Gasteiger partial charge in [-0.05, 0) is 86.0 Å². The van der Waals surface area contributed by atoms with Gasteiger partial charge in [0.25, 0.3) is 0 Å². The van der Waals surface area contributed by atoms with E-state index in [4.69, 9.17) is 5.11 Å². The largest absolute Gasteiger partial charge is 0.481 e. The molecule has 1 aromatic carbocycles. The van der Waals surface area contributed by atoms with Crippen molar-refractivity contribution >= 4 is 5.97 Å². The van der Waals surface area contributed by atoms with Crippen molar-refractivity contribution in [2.45, 2.75) is 128 Å². The second-order valence-electron chi connectivity index (χ2n) is 11.2. The van der Waals surface area contributed by atoms with Crippen LogP contribution in [0.15, 0.2) is 41.5 Å². The average Bonchev–Trinajstić information content (AvgIpc) is 2.93. The molecule has 0 saturated carbocycles. The molecule has 6 nitrogen and oxygen atoms in total. The molecule has 0 bridgehead atoms. The first-order chi connectivity index (χ1) is 18.8. The highest BCUT2D eigenvalue weighted by Crippen LogP contribution is 2.33. The van der Waals surface area contributed by atoms with Gasteiger partial charge >= 0.3 is 5.97 Å². The molecule has 220 valence electrons. The summed E-state index contributed by atoms with van der Waals surface area (Å²) in [6.07, 6.45) is 12.9. The Morgan fingerprint density at radius 1 is 1.05 bits per heavy atom. The minimum atomic E-state index is -0.951. The normalized spacial score (nSPS) is 19.1. The number of allylic oxidation sites excluding steroid dienone is 2. The Kier molecular flexibility index (Phi) is 15.7. The van der Waals surface area contributed by atoms with Gasteiger partial charge in [-0.15, -0.1) is 0 Å². The first-order valence-electron chi connectivity index (χ1n) is 15.1. The molecule has 5 N–H and O–H groups in total. The molecular weight excluding hydrogens is 492 g/mol. The number of fused-ring (bicyclic) bond motifs is 1. The van der Waals surface area contributed by atoms with Gasteiger partial charge < -0.3 is 25.5 Å². The highest BCUT2D eigenvalue weighted by Gasteiger charge is 2.21. The van der Waals surface area contributed by atoms with Crippen LogP contribution < -0.4 is 0 Å². The third-order valence-corrected chi connectivity index (χ3v) is 8.14. The monoisotopic (exact) mass is 544 g/mol. The van der Waals surface area contributed by atoms with Crippen molar-refractivity contribution < 1.29 is 30.3 Å². The zero-order valence-corrected chi connectivity index (χ0v) is 24.2. The second kappa shape index (κ2) is 18.4. The van der Waals surface area contributed by atoms with Crippen LogP contribution in [0.1, 0.15) is 108 Å². The number of carboxylic acids is 1. The predicted molar refractivity (Wildman–Crippen MR) is 157 cm³/mol. The van der Waals surface area contributed by atoms with Crippen LogP contribution in [0.4, 0.5) is 0 Å². The van der Waals surface area contributed by atoms with Crippen LogP contribution in [-0.4, -0.2) is 56.4 Å². The summed E-state index contributed by atoms with van der Waals surface area (Å²) in [4.78, 5) is 10.9. The molecule has 4 atom stereocenters. The lowest BCUT2D eigenvalue weighted by Crippen LogP contribution is -2.23. The van der Waals surface area contributed by atoms with E-state index in [-0.39, 0.29) is 13.0 Å². The first kappa shape index (κ1) is 33.2. The van der Waals surface area contributed by atoms with E-state index in [1.807, 2.05) is 6.08 Å². The van der Waals surface area contributed by atoms with E-state index in [9.17, 15) is 25.2 Å². The minimum Gasteiger partial charge on any atom is -0.481 e. The number of aliphatic carboxylic acids is 1. The molecule has 0 radical (unpaired) electrons. The Bertz CT molecular complexity index is 921. The lowest BCUT2D eigenvalue weighted by molar-refractivity contribution is -0.137. The van der Waals surface area contributed by atoms with Gasteiger partial charge in [0.2, 0.25) is 0 Å². The van der Waals surface area contributed by atoms with Gasteiger partial charge in [0.05, 0.1) is 24.9 Å².